The Hall–Kier alpha value is -1.87. The third-order valence-electron chi connectivity index (χ3n) is 3.26. The van der Waals surface area contributed by atoms with Crippen LogP contribution in [-0.2, 0) is 6.54 Å². The Morgan fingerprint density at radius 2 is 1.90 bits per heavy atom. The predicted molar refractivity (Wildman–Crippen MR) is 85.6 cm³/mol. The Balaban J connectivity index is 1.92. The van der Waals surface area contributed by atoms with Gasteiger partial charge in [-0.3, -0.25) is 0 Å². The first kappa shape index (κ1) is 13.1. The Morgan fingerprint density at radius 1 is 1.10 bits per heavy atom. The Morgan fingerprint density at radius 3 is 2.65 bits per heavy atom. The minimum Gasteiger partial charge on any atom is -0.327 e. The van der Waals surface area contributed by atoms with Gasteiger partial charge in [-0.25, -0.2) is 4.98 Å². The number of rotatable bonds is 3. The van der Waals surface area contributed by atoms with Gasteiger partial charge in [0.2, 0.25) is 0 Å². The summed E-state index contributed by atoms with van der Waals surface area (Å²) < 4.78 is 3.28. The molecule has 2 aromatic carbocycles. The molecule has 3 aromatic rings. The lowest BCUT2D eigenvalue weighted by Gasteiger charge is -2.09. The molecule has 20 heavy (non-hydrogen) atoms. The predicted octanol–water partition coefficient (Wildman–Crippen LogP) is 4.67. The number of halogens is 1. The van der Waals surface area contributed by atoms with Crippen molar-refractivity contribution in [2.24, 2.45) is 0 Å². The van der Waals surface area contributed by atoms with E-state index < -0.39 is 0 Å². The van der Waals surface area contributed by atoms with Gasteiger partial charge in [0.15, 0.2) is 0 Å². The number of nitrogens with zero attached hydrogens (tertiary/aromatic N) is 2. The second kappa shape index (κ2) is 5.63. The fraction of sp³-hybridized carbons (Fsp3) is 0.118. The summed E-state index contributed by atoms with van der Waals surface area (Å²) in [5.41, 5.74) is 3.67. The Kier molecular flexibility index (Phi) is 3.70. The van der Waals surface area contributed by atoms with Gasteiger partial charge >= 0.3 is 0 Å². The molecule has 0 bridgehead atoms. The number of aryl methyl sites for hydroxylation is 1. The highest BCUT2D eigenvalue weighted by Gasteiger charge is 2.06. The molecule has 0 unspecified atom stereocenters. The lowest BCUT2D eigenvalue weighted by atomic mass is 10.1. The van der Waals surface area contributed by atoms with E-state index >= 15 is 0 Å². The maximum Gasteiger partial charge on any atom is 0.140 e. The van der Waals surface area contributed by atoms with Gasteiger partial charge in [-0.05, 0) is 30.7 Å². The Labute approximate surface area is 127 Å². The molecule has 2 nitrogen and oxygen atoms in total. The minimum absolute atomic E-state index is 0.830. The molecule has 0 spiro atoms. The molecule has 0 atom stereocenters. The zero-order valence-corrected chi connectivity index (χ0v) is 12.8. The summed E-state index contributed by atoms with van der Waals surface area (Å²) in [6.45, 7) is 2.93. The molecule has 3 heteroatoms. The smallest absolute Gasteiger partial charge is 0.140 e. The molecular weight excluding hydrogens is 312 g/mol. The molecule has 100 valence electrons. The normalized spacial score (nSPS) is 10.7. The summed E-state index contributed by atoms with van der Waals surface area (Å²) in [5, 5.41) is 0. The molecular formula is C17H15BrN2. The van der Waals surface area contributed by atoms with Crippen molar-refractivity contribution in [3.63, 3.8) is 0 Å². The minimum atomic E-state index is 0.830. The van der Waals surface area contributed by atoms with Crippen molar-refractivity contribution in [2.75, 3.05) is 0 Å². The van der Waals surface area contributed by atoms with Crippen LogP contribution in [0.15, 0.2) is 65.4 Å². The third kappa shape index (κ3) is 2.83. The maximum absolute atomic E-state index is 4.49. The van der Waals surface area contributed by atoms with E-state index in [4.69, 9.17) is 0 Å². The van der Waals surface area contributed by atoms with Crippen LogP contribution in [0.2, 0.25) is 0 Å². The molecule has 1 aromatic heterocycles. The lowest BCUT2D eigenvalue weighted by Crippen LogP contribution is -2.01. The van der Waals surface area contributed by atoms with Crippen LogP contribution in [0, 0.1) is 6.92 Å². The van der Waals surface area contributed by atoms with E-state index in [2.05, 4.69) is 80.9 Å². The van der Waals surface area contributed by atoms with Crippen molar-refractivity contribution in [2.45, 2.75) is 13.5 Å². The van der Waals surface area contributed by atoms with E-state index in [9.17, 15) is 0 Å². The van der Waals surface area contributed by atoms with E-state index in [0.29, 0.717) is 0 Å². The largest absolute Gasteiger partial charge is 0.327 e. The molecule has 0 N–H and O–H groups in total. The second-order valence-corrected chi connectivity index (χ2v) is 5.79. The highest BCUT2D eigenvalue weighted by Crippen LogP contribution is 2.20. The molecule has 0 saturated heterocycles. The molecule has 0 aliphatic heterocycles. The molecule has 3 rings (SSSR count). The summed E-state index contributed by atoms with van der Waals surface area (Å²) in [6.07, 6.45) is 3.89. The topological polar surface area (TPSA) is 17.8 Å². The van der Waals surface area contributed by atoms with Gasteiger partial charge in [-0.2, -0.15) is 0 Å². The van der Waals surface area contributed by atoms with Gasteiger partial charge in [0.05, 0.1) is 0 Å². The summed E-state index contributed by atoms with van der Waals surface area (Å²) in [6, 6.07) is 16.8. The third-order valence-corrected chi connectivity index (χ3v) is 3.79. The van der Waals surface area contributed by atoms with Crippen LogP contribution < -0.4 is 0 Å². The van der Waals surface area contributed by atoms with Crippen LogP contribution in [0.1, 0.15) is 11.1 Å². The molecule has 0 fully saturated rings. The van der Waals surface area contributed by atoms with Gasteiger partial charge in [0, 0.05) is 29.0 Å². The van der Waals surface area contributed by atoms with Gasteiger partial charge in [-0.15, -0.1) is 0 Å². The molecule has 1 heterocycles. The summed E-state index contributed by atoms with van der Waals surface area (Å²) in [4.78, 5) is 4.49. The van der Waals surface area contributed by atoms with E-state index in [1.807, 2.05) is 12.4 Å². The van der Waals surface area contributed by atoms with Crippen LogP contribution in [0.5, 0.6) is 0 Å². The standard InChI is InChI=1S/C17H15BrN2/c1-13-3-2-4-15(11-13)17-19-9-10-20(17)12-14-5-7-16(18)8-6-14/h2-11H,12H2,1H3. The molecule has 0 amide bonds. The average molecular weight is 327 g/mol. The second-order valence-electron chi connectivity index (χ2n) is 4.87. The molecule has 0 aliphatic rings. The number of aromatic nitrogens is 2. The summed E-state index contributed by atoms with van der Waals surface area (Å²) >= 11 is 3.46. The number of hydrogen-bond acceptors (Lipinski definition) is 1. The maximum atomic E-state index is 4.49. The summed E-state index contributed by atoms with van der Waals surface area (Å²) in [7, 11) is 0. The van der Waals surface area contributed by atoms with Crippen molar-refractivity contribution < 1.29 is 0 Å². The Bertz CT molecular complexity index is 714. The first-order valence-corrected chi connectivity index (χ1v) is 7.34. The van der Waals surface area contributed by atoms with E-state index in [-0.39, 0.29) is 0 Å². The summed E-state index contributed by atoms with van der Waals surface area (Å²) in [5.74, 6) is 1.01. The van der Waals surface area contributed by atoms with Crippen LogP contribution in [0.25, 0.3) is 11.4 Å². The zero-order valence-electron chi connectivity index (χ0n) is 11.3. The van der Waals surface area contributed by atoms with E-state index in [0.717, 1.165) is 22.4 Å². The van der Waals surface area contributed by atoms with Crippen molar-refractivity contribution in [1.82, 2.24) is 9.55 Å². The number of imidazole rings is 1. The lowest BCUT2D eigenvalue weighted by molar-refractivity contribution is 0.807. The fourth-order valence-electron chi connectivity index (χ4n) is 2.27. The average Bonchev–Trinajstić information content (AvgIpc) is 2.89. The molecule has 0 aliphatic carbocycles. The van der Waals surface area contributed by atoms with Gasteiger partial charge in [-0.1, -0.05) is 51.8 Å². The highest BCUT2D eigenvalue weighted by atomic mass is 79.9. The van der Waals surface area contributed by atoms with Crippen molar-refractivity contribution >= 4 is 15.9 Å². The number of hydrogen-bond donors (Lipinski definition) is 0. The number of benzene rings is 2. The highest BCUT2D eigenvalue weighted by molar-refractivity contribution is 9.10. The molecule has 0 radical (unpaired) electrons. The van der Waals surface area contributed by atoms with Crippen LogP contribution in [-0.4, -0.2) is 9.55 Å². The monoisotopic (exact) mass is 326 g/mol. The van der Waals surface area contributed by atoms with Crippen LogP contribution >= 0.6 is 15.9 Å². The van der Waals surface area contributed by atoms with Gasteiger partial charge in [0.1, 0.15) is 5.82 Å². The SMILES string of the molecule is Cc1cccc(-c2nccn2Cc2ccc(Br)cc2)c1. The first-order chi connectivity index (χ1) is 9.72. The molecule has 0 saturated carbocycles. The van der Waals surface area contributed by atoms with Crippen LogP contribution in [0.3, 0.4) is 0 Å². The quantitative estimate of drug-likeness (QED) is 0.683. The van der Waals surface area contributed by atoms with Crippen molar-refractivity contribution in [1.29, 1.82) is 0 Å². The fourth-order valence-corrected chi connectivity index (χ4v) is 2.53. The van der Waals surface area contributed by atoms with Crippen LogP contribution in [0.4, 0.5) is 0 Å². The first-order valence-electron chi connectivity index (χ1n) is 6.55. The van der Waals surface area contributed by atoms with Gasteiger partial charge < -0.3 is 4.57 Å². The van der Waals surface area contributed by atoms with Crippen molar-refractivity contribution in [3.8, 4) is 11.4 Å². The van der Waals surface area contributed by atoms with Crippen molar-refractivity contribution in [3.05, 3.63) is 76.5 Å². The van der Waals surface area contributed by atoms with E-state index in [1.54, 1.807) is 0 Å². The van der Waals surface area contributed by atoms with E-state index in [1.165, 1.54) is 11.1 Å². The zero-order chi connectivity index (χ0) is 13.9. The van der Waals surface area contributed by atoms with Gasteiger partial charge in [0.25, 0.3) is 0 Å².